The zero-order chi connectivity index (χ0) is 23.8. The number of aromatic nitrogens is 3. The van der Waals surface area contributed by atoms with E-state index in [1.54, 1.807) is 48.0 Å². The molecular weight excluding hydrogens is 437 g/mol. The number of benzene rings is 3. The standard InChI is InChI=1S/C25H16FN5O3/c1-31-21-11-15(17-4-2-3-5-19(17)26)7-8-16(21)12-22(31)24(32)28-20-9-6-14(13-27)10-18(20)23-29-25(33)34-30-23/h2-12H,1H3,(H,28,32)(H,29,30,33). The van der Waals surface area contributed by atoms with Gasteiger partial charge in [0.1, 0.15) is 11.5 Å². The topological polar surface area (TPSA) is 117 Å². The number of H-pyrrole nitrogens is 1. The number of carbonyl (C=O) groups excluding carboxylic acids is 1. The minimum Gasteiger partial charge on any atom is -0.340 e. The third-order valence-corrected chi connectivity index (χ3v) is 5.56. The van der Waals surface area contributed by atoms with Crippen molar-refractivity contribution in [1.29, 1.82) is 5.26 Å². The molecule has 0 atom stereocenters. The Hall–Kier alpha value is -4.97. The fraction of sp³-hybridized carbons (Fsp3) is 0.0400. The van der Waals surface area contributed by atoms with Crippen LogP contribution in [0.2, 0.25) is 0 Å². The van der Waals surface area contributed by atoms with Gasteiger partial charge in [0.05, 0.1) is 17.3 Å². The highest BCUT2D eigenvalue weighted by Crippen LogP contribution is 2.30. The summed E-state index contributed by atoms with van der Waals surface area (Å²) in [5, 5.41) is 16.5. The number of hydrogen-bond donors (Lipinski definition) is 2. The fourth-order valence-electron chi connectivity index (χ4n) is 3.86. The van der Waals surface area contributed by atoms with Gasteiger partial charge in [0, 0.05) is 29.1 Å². The molecule has 0 saturated heterocycles. The number of halogens is 1. The minimum absolute atomic E-state index is 0.0870. The lowest BCUT2D eigenvalue weighted by Crippen LogP contribution is -2.16. The van der Waals surface area contributed by atoms with Gasteiger partial charge >= 0.3 is 5.76 Å². The maximum Gasteiger partial charge on any atom is 0.439 e. The lowest BCUT2D eigenvalue weighted by atomic mass is 10.0. The van der Waals surface area contributed by atoms with Crippen LogP contribution in [0.5, 0.6) is 0 Å². The van der Waals surface area contributed by atoms with Gasteiger partial charge in [0.2, 0.25) is 0 Å². The van der Waals surface area contributed by atoms with E-state index in [9.17, 15) is 19.2 Å². The van der Waals surface area contributed by atoms with Crippen LogP contribution in [0, 0.1) is 17.1 Å². The average Bonchev–Trinajstić information content (AvgIpc) is 3.42. The number of hydrogen-bond acceptors (Lipinski definition) is 5. The molecule has 9 heteroatoms. The summed E-state index contributed by atoms with van der Waals surface area (Å²) in [6, 6.07) is 20.3. The monoisotopic (exact) mass is 453 g/mol. The van der Waals surface area contributed by atoms with Crippen molar-refractivity contribution in [3.8, 4) is 28.6 Å². The summed E-state index contributed by atoms with van der Waals surface area (Å²) in [6.45, 7) is 0. The van der Waals surface area contributed by atoms with Crippen LogP contribution >= 0.6 is 0 Å². The third kappa shape index (κ3) is 3.63. The maximum atomic E-state index is 14.3. The van der Waals surface area contributed by atoms with E-state index in [0.717, 1.165) is 10.9 Å². The average molecular weight is 453 g/mol. The molecule has 3 aromatic carbocycles. The highest BCUT2D eigenvalue weighted by atomic mass is 19.1. The number of aromatic amines is 1. The maximum absolute atomic E-state index is 14.3. The molecule has 0 bridgehead atoms. The lowest BCUT2D eigenvalue weighted by molar-refractivity contribution is 0.102. The van der Waals surface area contributed by atoms with Crippen LogP contribution in [0.25, 0.3) is 33.4 Å². The first-order valence-electron chi connectivity index (χ1n) is 10.2. The SMILES string of the molecule is Cn1c(C(=O)Nc2ccc(C#N)cc2-c2noc(=O)[nH]2)cc2ccc(-c3ccccc3F)cc21. The molecule has 2 aromatic heterocycles. The summed E-state index contributed by atoms with van der Waals surface area (Å²) in [5.74, 6) is -1.41. The Balaban J connectivity index is 1.53. The summed E-state index contributed by atoms with van der Waals surface area (Å²) in [6.07, 6.45) is 0. The first-order valence-corrected chi connectivity index (χ1v) is 10.2. The van der Waals surface area contributed by atoms with Crippen LogP contribution in [0.3, 0.4) is 0 Å². The number of rotatable bonds is 4. The molecule has 34 heavy (non-hydrogen) atoms. The molecule has 8 nitrogen and oxygen atoms in total. The molecule has 0 saturated carbocycles. The van der Waals surface area contributed by atoms with Gasteiger partial charge in [-0.1, -0.05) is 35.5 Å². The molecular formula is C25H16FN5O3. The van der Waals surface area contributed by atoms with Crippen LogP contribution in [-0.2, 0) is 7.05 Å². The highest BCUT2D eigenvalue weighted by molar-refractivity contribution is 6.08. The Morgan fingerprint density at radius 1 is 1.12 bits per heavy atom. The second-order valence-corrected chi connectivity index (χ2v) is 7.61. The molecule has 0 fully saturated rings. The number of fused-ring (bicyclic) bond motifs is 1. The molecule has 0 aliphatic carbocycles. The van der Waals surface area contributed by atoms with Crippen molar-refractivity contribution >= 4 is 22.5 Å². The molecule has 0 radical (unpaired) electrons. The smallest absolute Gasteiger partial charge is 0.340 e. The second-order valence-electron chi connectivity index (χ2n) is 7.61. The van der Waals surface area contributed by atoms with E-state index >= 15 is 0 Å². The van der Waals surface area contributed by atoms with E-state index in [2.05, 4.69) is 20.0 Å². The quantitative estimate of drug-likeness (QED) is 0.417. The van der Waals surface area contributed by atoms with Crippen molar-refractivity contribution in [2.75, 3.05) is 5.32 Å². The van der Waals surface area contributed by atoms with Crippen molar-refractivity contribution in [2.45, 2.75) is 0 Å². The molecule has 2 heterocycles. The van der Waals surface area contributed by atoms with E-state index < -0.39 is 11.7 Å². The van der Waals surface area contributed by atoms with Gasteiger partial charge in [-0.25, -0.2) is 9.18 Å². The van der Waals surface area contributed by atoms with Crippen molar-refractivity contribution in [2.24, 2.45) is 7.05 Å². The first kappa shape index (κ1) is 20.9. The predicted molar refractivity (Wildman–Crippen MR) is 124 cm³/mol. The molecule has 0 aliphatic heterocycles. The summed E-state index contributed by atoms with van der Waals surface area (Å²) >= 11 is 0. The van der Waals surface area contributed by atoms with Gasteiger partial charge in [0.25, 0.3) is 5.91 Å². The Morgan fingerprint density at radius 2 is 1.94 bits per heavy atom. The molecule has 2 N–H and O–H groups in total. The van der Waals surface area contributed by atoms with Crippen LogP contribution in [0.4, 0.5) is 10.1 Å². The number of nitriles is 1. The number of nitrogens with zero attached hydrogens (tertiary/aromatic N) is 3. The van der Waals surface area contributed by atoms with Crippen LogP contribution in [-0.4, -0.2) is 20.6 Å². The molecule has 1 amide bonds. The zero-order valence-electron chi connectivity index (χ0n) is 17.8. The van der Waals surface area contributed by atoms with E-state index in [1.165, 1.54) is 12.1 Å². The summed E-state index contributed by atoms with van der Waals surface area (Å²) in [5.41, 5.74) is 3.28. The number of anilines is 1. The Bertz CT molecular complexity index is 1670. The van der Waals surface area contributed by atoms with E-state index in [4.69, 9.17) is 0 Å². The largest absolute Gasteiger partial charge is 0.439 e. The van der Waals surface area contributed by atoms with Crippen LogP contribution < -0.4 is 11.1 Å². The fourth-order valence-corrected chi connectivity index (χ4v) is 3.86. The molecule has 5 aromatic rings. The van der Waals surface area contributed by atoms with Crippen molar-refractivity contribution < 1.29 is 13.7 Å². The predicted octanol–water partition coefficient (Wildman–Crippen LogP) is 4.45. The van der Waals surface area contributed by atoms with Gasteiger partial charge in [0.15, 0.2) is 5.82 Å². The van der Waals surface area contributed by atoms with Crippen molar-refractivity contribution in [3.05, 3.63) is 94.4 Å². The van der Waals surface area contributed by atoms with Gasteiger partial charge in [-0.2, -0.15) is 5.26 Å². The number of carbonyl (C=O) groups is 1. The van der Waals surface area contributed by atoms with Gasteiger partial charge in [-0.3, -0.25) is 14.3 Å². The van der Waals surface area contributed by atoms with Crippen LogP contribution in [0.15, 0.2) is 76.0 Å². The Labute approximate surface area is 191 Å². The normalized spacial score (nSPS) is 10.9. The number of aryl methyl sites for hydroxylation is 1. The summed E-state index contributed by atoms with van der Waals surface area (Å²) < 4.78 is 20.5. The van der Waals surface area contributed by atoms with E-state index in [1.807, 2.05) is 24.3 Å². The molecule has 0 aliphatic rings. The van der Waals surface area contributed by atoms with Gasteiger partial charge in [-0.15, -0.1) is 0 Å². The van der Waals surface area contributed by atoms with Gasteiger partial charge in [-0.05, 0) is 42.0 Å². The summed E-state index contributed by atoms with van der Waals surface area (Å²) in [4.78, 5) is 27.0. The third-order valence-electron chi connectivity index (χ3n) is 5.56. The Kier molecular flexibility index (Phi) is 5.03. The Morgan fingerprint density at radius 3 is 2.68 bits per heavy atom. The number of nitrogens with one attached hydrogen (secondary N) is 2. The summed E-state index contributed by atoms with van der Waals surface area (Å²) in [7, 11) is 1.75. The molecule has 166 valence electrons. The van der Waals surface area contributed by atoms with Crippen molar-refractivity contribution in [3.63, 3.8) is 0 Å². The van der Waals surface area contributed by atoms with E-state index in [-0.39, 0.29) is 11.6 Å². The minimum atomic E-state index is -0.756. The van der Waals surface area contributed by atoms with Gasteiger partial charge < -0.3 is 9.88 Å². The first-order chi connectivity index (χ1) is 16.4. The van der Waals surface area contributed by atoms with E-state index in [0.29, 0.717) is 33.6 Å². The second kappa shape index (κ2) is 8.18. The van der Waals surface area contributed by atoms with Crippen LogP contribution in [0.1, 0.15) is 16.1 Å². The molecule has 0 spiro atoms. The lowest BCUT2D eigenvalue weighted by Gasteiger charge is -2.10. The zero-order valence-corrected chi connectivity index (χ0v) is 17.8. The molecule has 5 rings (SSSR count). The number of amides is 1. The highest BCUT2D eigenvalue weighted by Gasteiger charge is 2.18. The van der Waals surface area contributed by atoms with Crippen molar-refractivity contribution in [1.82, 2.24) is 14.7 Å². The molecule has 0 unspecified atom stereocenters.